The monoisotopic (exact) mass is 1010 g/mol. The molecule has 0 aromatic heterocycles. The molecule has 0 amide bonds. The van der Waals surface area contributed by atoms with Crippen LogP contribution in [0.1, 0.15) is 258 Å². The summed E-state index contributed by atoms with van der Waals surface area (Å²) in [6.45, 7) is 66.9. The molecule has 0 spiro atoms. The normalized spacial score (nSPS) is 17.3. The van der Waals surface area contributed by atoms with E-state index in [9.17, 15) is 14.4 Å². The van der Waals surface area contributed by atoms with Crippen molar-refractivity contribution in [3.63, 3.8) is 0 Å². The van der Waals surface area contributed by atoms with Gasteiger partial charge in [0.2, 0.25) is 0 Å². The Labute approximate surface area is 443 Å². The lowest BCUT2D eigenvalue weighted by Crippen LogP contribution is -2.45. The maximum absolute atomic E-state index is 13.0. The van der Waals surface area contributed by atoms with Gasteiger partial charge in [-0.2, -0.15) is 0 Å². The van der Waals surface area contributed by atoms with Crippen LogP contribution in [0.5, 0.6) is 0 Å². The second-order valence-electron chi connectivity index (χ2n) is 29.6. The van der Waals surface area contributed by atoms with E-state index in [2.05, 4.69) is 202 Å². The van der Waals surface area contributed by atoms with Gasteiger partial charge in [0, 0.05) is 31.7 Å². The van der Waals surface area contributed by atoms with E-state index in [-0.39, 0.29) is 50.4 Å². The summed E-state index contributed by atoms with van der Waals surface area (Å²) in [4.78, 5) is 45.9. The number of likely N-dealkylation sites (tertiary alicyclic amines) is 1. The van der Waals surface area contributed by atoms with E-state index in [1.807, 2.05) is 0 Å². The van der Waals surface area contributed by atoms with Crippen LogP contribution in [-0.4, -0.2) is 110 Å². The van der Waals surface area contributed by atoms with Gasteiger partial charge >= 0.3 is 17.9 Å². The Hall–Kier alpha value is -1.71. The molecule has 1 saturated heterocycles. The summed E-state index contributed by atoms with van der Waals surface area (Å²) in [6, 6.07) is 0.912. The Balaban J connectivity index is 0. The molecule has 424 valence electrons. The van der Waals surface area contributed by atoms with Crippen molar-refractivity contribution in [3.8, 4) is 0 Å². The minimum Gasteiger partial charge on any atom is -0.464 e. The van der Waals surface area contributed by atoms with E-state index >= 15 is 0 Å². The first-order valence-corrected chi connectivity index (χ1v) is 28.7. The first-order chi connectivity index (χ1) is 31.9. The number of nitrogens with zero attached hydrogens (tertiary/aromatic N) is 3. The smallest absolute Gasteiger partial charge is 0.312 e. The van der Waals surface area contributed by atoms with Crippen molar-refractivity contribution in [1.82, 2.24) is 14.7 Å². The number of unbranched alkanes of at least 4 members (excludes halogenated alkanes) is 2. The number of carbonyl (C=O) groups excluding carboxylic acids is 3. The zero-order chi connectivity index (χ0) is 56.1. The van der Waals surface area contributed by atoms with Crippen LogP contribution in [-0.2, 0) is 28.6 Å². The summed E-state index contributed by atoms with van der Waals surface area (Å²) in [5.41, 5.74) is -1.49. The lowest BCUT2D eigenvalue weighted by molar-refractivity contribution is -0.166. The van der Waals surface area contributed by atoms with Gasteiger partial charge in [-0.25, -0.2) is 0 Å². The molecule has 0 radical (unpaired) electrons. The highest BCUT2D eigenvalue weighted by molar-refractivity contribution is 5.78. The van der Waals surface area contributed by atoms with E-state index in [0.717, 1.165) is 65.1 Å². The molecule has 3 atom stereocenters. The molecule has 1 heterocycles. The van der Waals surface area contributed by atoms with Gasteiger partial charge in [0.15, 0.2) is 0 Å². The number of hydrogen-bond donors (Lipinski definition) is 0. The van der Waals surface area contributed by atoms with Crippen molar-refractivity contribution in [2.45, 2.75) is 270 Å². The van der Waals surface area contributed by atoms with Crippen molar-refractivity contribution < 1.29 is 28.6 Å². The number of hydrogen-bond acceptors (Lipinski definition) is 9. The highest BCUT2D eigenvalue weighted by Gasteiger charge is 2.50. The summed E-state index contributed by atoms with van der Waals surface area (Å²) in [5.74, 6) is -0.136. The highest BCUT2D eigenvalue weighted by Crippen LogP contribution is 2.49. The minimum absolute atomic E-state index is 0.0326. The second-order valence-corrected chi connectivity index (χ2v) is 29.6. The average molecular weight is 1010 g/mol. The Kier molecular flexibility index (Phi) is 30.9. The molecular formula is C62H125N3O6. The van der Waals surface area contributed by atoms with Gasteiger partial charge in [0.1, 0.15) is 19.8 Å². The summed E-state index contributed by atoms with van der Waals surface area (Å²) >= 11 is 0. The first kappa shape index (κ1) is 71.4. The molecule has 9 nitrogen and oxygen atoms in total. The molecule has 3 unspecified atom stereocenters. The molecule has 0 aliphatic carbocycles. The van der Waals surface area contributed by atoms with Crippen LogP contribution >= 0.6 is 0 Å². The number of ether oxygens (including phenoxy) is 3. The zero-order valence-electron chi connectivity index (χ0n) is 52.8. The summed E-state index contributed by atoms with van der Waals surface area (Å²) < 4.78 is 17.3. The lowest BCUT2D eigenvalue weighted by Gasteiger charge is -2.43. The average Bonchev–Trinajstić information content (AvgIpc) is 3.46. The van der Waals surface area contributed by atoms with Crippen LogP contribution in [0.15, 0.2) is 0 Å². The molecule has 0 aromatic rings. The van der Waals surface area contributed by atoms with Crippen LogP contribution in [0.3, 0.4) is 0 Å². The van der Waals surface area contributed by atoms with Gasteiger partial charge in [0.05, 0.1) is 16.2 Å². The number of carbonyl (C=O) groups is 3. The number of rotatable bonds is 23. The summed E-state index contributed by atoms with van der Waals surface area (Å²) in [7, 11) is 0. The molecule has 0 saturated carbocycles. The summed E-state index contributed by atoms with van der Waals surface area (Å²) in [6.07, 6.45) is 12.5. The fraction of sp³-hybridized carbons (Fsp3) is 0.952. The van der Waals surface area contributed by atoms with Gasteiger partial charge in [-0.05, 0) is 152 Å². The van der Waals surface area contributed by atoms with Crippen molar-refractivity contribution >= 4 is 17.9 Å². The molecule has 1 fully saturated rings. The van der Waals surface area contributed by atoms with Gasteiger partial charge in [-0.15, -0.1) is 0 Å². The first-order valence-electron chi connectivity index (χ1n) is 28.7. The Bertz CT molecular complexity index is 1460. The van der Waals surface area contributed by atoms with Gasteiger partial charge < -0.3 is 14.2 Å². The molecule has 1 aliphatic heterocycles. The largest absolute Gasteiger partial charge is 0.464 e. The van der Waals surface area contributed by atoms with Crippen LogP contribution in [0, 0.1) is 48.7 Å². The van der Waals surface area contributed by atoms with E-state index < -0.39 is 16.2 Å². The second kappa shape index (κ2) is 30.7. The van der Waals surface area contributed by atoms with Gasteiger partial charge in [-0.1, -0.05) is 164 Å². The Morgan fingerprint density at radius 3 is 1.00 bits per heavy atom. The molecule has 9 heteroatoms. The standard InChI is InChI=1S/C22H45NO2.C20H39NO2.C20H41NO2/c1-10-12-14-23(15-13-11-2)16-17-25-19(24)22(9,21(6,7)8)18-20(3,4)5;1-18(2,3)16-20(7,19(4,5)6)17(22)23-15-14-21-12-10-8-9-11-13-21;1-15(2)21(16(3)4)12-13-23-17(22)20(11,19(8,9)10)14-18(5,6)7/h10-18H2,1-9H3;8-16H2,1-7H3;15-16H,12-14H2,1-11H3. The van der Waals surface area contributed by atoms with Crippen LogP contribution in [0.4, 0.5) is 0 Å². The van der Waals surface area contributed by atoms with Crippen molar-refractivity contribution in [2.75, 3.05) is 65.6 Å². The molecule has 1 aliphatic rings. The molecular weight excluding hydrogens is 883 g/mol. The third-order valence-corrected chi connectivity index (χ3v) is 15.5. The summed E-state index contributed by atoms with van der Waals surface area (Å²) in [5, 5.41) is 0. The fourth-order valence-corrected chi connectivity index (χ4v) is 9.94. The SMILES string of the molecule is CC(C)(C)CC(C)(C(=O)OCCN1CCCCCC1)C(C)(C)C.CC(C)N(CCOC(=O)C(C)(CC(C)(C)C)C(C)(C)C)C(C)C.CCCCN(CCCC)CCOC(=O)C(C)(CC(C)(C)C)C(C)(C)C. The highest BCUT2D eigenvalue weighted by atomic mass is 16.5. The minimum atomic E-state index is -0.480. The van der Waals surface area contributed by atoms with Gasteiger partial charge in [0.25, 0.3) is 0 Å². The number of esters is 3. The van der Waals surface area contributed by atoms with Crippen LogP contribution in [0.2, 0.25) is 0 Å². The topological polar surface area (TPSA) is 88.6 Å². The predicted molar refractivity (Wildman–Crippen MR) is 306 cm³/mol. The predicted octanol–water partition coefficient (Wildman–Crippen LogP) is 16.0. The van der Waals surface area contributed by atoms with Crippen molar-refractivity contribution in [2.24, 2.45) is 48.7 Å². The zero-order valence-corrected chi connectivity index (χ0v) is 52.8. The van der Waals surface area contributed by atoms with Gasteiger partial charge in [-0.3, -0.25) is 29.1 Å². The molecule has 71 heavy (non-hydrogen) atoms. The van der Waals surface area contributed by atoms with E-state index in [4.69, 9.17) is 14.2 Å². The maximum Gasteiger partial charge on any atom is 0.312 e. The molecule has 0 aromatic carbocycles. The van der Waals surface area contributed by atoms with Crippen LogP contribution < -0.4 is 0 Å². The van der Waals surface area contributed by atoms with Crippen molar-refractivity contribution in [1.29, 1.82) is 0 Å². The Morgan fingerprint density at radius 2 is 0.732 bits per heavy atom. The molecule has 0 bridgehead atoms. The van der Waals surface area contributed by atoms with E-state index in [0.29, 0.717) is 31.9 Å². The fourth-order valence-electron chi connectivity index (χ4n) is 9.94. The van der Waals surface area contributed by atoms with Crippen LogP contribution in [0.25, 0.3) is 0 Å². The van der Waals surface area contributed by atoms with E-state index in [1.54, 1.807) is 0 Å². The third kappa shape index (κ3) is 27.6. The molecule has 1 rings (SSSR count). The third-order valence-electron chi connectivity index (χ3n) is 15.5. The van der Waals surface area contributed by atoms with E-state index in [1.165, 1.54) is 51.4 Å². The Morgan fingerprint density at radius 1 is 0.437 bits per heavy atom. The molecule has 0 N–H and O–H groups in total. The lowest BCUT2D eigenvalue weighted by atomic mass is 9.61. The van der Waals surface area contributed by atoms with Crippen molar-refractivity contribution in [3.05, 3.63) is 0 Å². The quantitative estimate of drug-likeness (QED) is 0.0733. The maximum atomic E-state index is 13.0.